The topological polar surface area (TPSA) is 55.4 Å². The quantitative estimate of drug-likeness (QED) is 0.712. The third-order valence-corrected chi connectivity index (χ3v) is 3.82. The number of hydrogen-bond acceptors (Lipinski definition) is 3. The van der Waals surface area contributed by atoms with Crippen molar-refractivity contribution in [3.8, 4) is 5.75 Å². The summed E-state index contributed by atoms with van der Waals surface area (Å²) in [4.78, 5) is 23.6. The largest absolute Gasteiger partial charge is 0.490 e. The average molecular weight is 366 g/mol. The number of rotatable bonds is 6. The first-order valence-electron chi connectivity index (χ1n) is 7.46. The first-order chi connectivity index (χ1) is 11.4. The smallest absolute Gasteiger partial charge is 0.255 e. The lowest BCUT2D eigenvalue weighted by Crippen LogP contribution is -2.12. The molecule has 0 aliphatic heterocycles. The van der Waals surface area contributed by atoms with E-state index in [1.54, 1.807) is 24.3 Å². The summed E-state index contributed by atoms with van der Waals surface area (Å²) in [5.74, 6) is -0.00642. The highest BCUT2D eigenvalue weighted by molar-refractivity contribution is 6.37. The van der Waals surface area contributed by atoms with Crippen LogP contribution in [-0.2, 0) is 0 Å². The fourth-order valence-electron chi connectivity index (χ4n) is 2.02. The van der Waals surface area contributed by atoms with Crippen LogP contribution in [0.2, 0.25) is 10.0 Å². The van der Waals surface area contributed by atoms with E-state index >= 15 is 0 Å². The number of carbonyl (C=O) groups excluding carboxylic acids is 2. The molecular formula is C18H17Cl2NO3. The number of ether oxygens (including phenoxy) is 1. The van der Waals surface area contributed by atoms with Crippen LogP contribution in [0.1, 0.15) is 41.0 Å². The van der Waals surface area contributed by atoms with Crippen molar-refractivity contribution in [2.45, 2.75) is 20.3 Å². The van der Waals surface area contributed by atoms with Crippen molar-refractivity contribution in [1.29, 1.82) is 0 Å². The van der Waals surface area contributed by atoms with E-state index in [0.29, 0.717) is 29.2 Å². The number of hydrogen-bond donors (Lipinski definition) is 1. The molecule has 2 aromatic carbocycles. The molecule has 24 heavy (non-hydrogen) atoms. The van der Waals surface area contributed by atoms with Gasteiger partial charge in [0.15, 0.2) is 11.5 Å². The zero-order valence-corrected chi connectivity index (χ0v) is 14.9. The SMILES string of the molecule is CCCOc1c(Cl)cc(C(=O)Nc2ccc(C(C)=O)cc2)cc1Cl. The highest BCUT2D eigenvalue weighted by Crippen LogP contribution is 2.34. The van der Waals surface area contributed by atoms with Crippen molar-refractivity contribution >= 4 is 40.6 Å². The van der Waals surface area contributed by atoms with Crippen LogP contribution in [0.15, 0.2) is 36.4 Å². The summed E-state index contributed by atoms with van der Waals surface area (Å²) in [6.45, 7) is 3.95. The van der Waals surface area contributed by atoms with E-state index in [1.165, 1.54) is 19.1 Å². The highest BCUT2D eigenvalue weighted by atomic mass is 35.5. The number of carbonyl (C=O) groups is 2. The van der Waals surface area contributed by atoms with Gasteiger partial charge in [-0.1, -0.05) is 30.1 Å². The summed E-state index contributed by atoms with van der Waals surface area (Å²) in [6.07, 6.45) is 0.825. The summed E-state index contributed by atoms with van der Waals surface area (Å²) in [6, 6.07) is 9.65. The Balaban J connectivity index is 2.16. The van der Waals surface area contributed by atoms with Crippen molar-refractivity contribution < 1.29 is 14.3 Å². The highest BCUT2D eigenvalue weighted by Gasteiger charge is 2.14. The Bertz CT molecular complexity index is 734. The predicted octanol–water partition coefficient (Wildman–Crippen LogP) is 5.24. The maximum absolute atomic E-state index is 12.3. The molecule has 126 valence electrons. The molecule has 0 aromatic heterocycles. The number of nitrogens with one attached hydrogen (secondary N) is 1. The standard InChI is InChI=1S/C18H17Cl2NO3/c1-3-8-24-17-15(19)9-13(10-16(17)20)18(23)21-14-6-4-12(5-7-14)11(2)22/h4-7,9-10H,3,8H2,1-2H3,(H,21,23). The lowest BCUT2D eigenvalue weighted by Gasteiger charge is -2.11. The average Bonchev–Trinajstić information content (AvgIpc) is 2.54. The van der Waals surface area contributed by atoms with E-state index in [9.17, 15) is 9.59 Å². The second kappa shape index (κ2) is 8.18. The summed E-state index contributed by atoms with van der Waals surface area (Å²) in [5.41, 5.74) is 1.48. The lowest BCUT2D eigenvalue weighted by atomic mass is 10.1. The van der Waals surface area contributed by atoms with Crippen LogP contribution in [0.5, 0.6) is 5.75 Å². The predicted molar refractivity (Wildman–Crippen MR) is 96.6 cm³/mol. The van der Waals surface area contributed by atoms with Gasteiger partial charge in [-0.15, -0.1) is 0 Å². The molecule has 4 nitrogen and oxygen atoms in total. The van der Waals surface area contributed by atoms with Crippen LogP contribution in [0.4, 0.5) is 5.69 Å². The molecule has 0 heterocycles. The van der Waals surface area contributed by atoms with Gasteiger partial charge >= 0.3 is 0 Å². The molecule has 0 saturated carbocycles. The Kier molecular flexibility index (Phi) is 6.23. The Morgan fingerprint density at radius 2 is 1.62 bits per heavy atom. The number of benzene rings is 2. The monoisotopic (exact) mass is 365 g/mol. The minimum Gasteiger partial charge on any atom is -0.490 e. The summed E-state index contributed by atoms with van der Waals surface area (Å²) in [7, 11) is 0. The second-order valence-corrected chi connectivity index (χ2v) is 6.02. The van der Waals surface area contributed by atoms with Crippen LogP contribution in [0.25, 0.3) is 0 Å². The molecule has 0 radical (unpaired) electrons. The van der Waals surface area contributed by atoms with E-state index < -0.39 is 0 Å². The molecule has 0 aliphatic carbocycles. The van der Waals surface area contributed by atoms with Crippen molar-refractivity contribution in [1.82, 2.24) is 0 Å². The molecule has 2 aromatic rings. The van der Waals surface area contributed by atoms with E-state index in [-0.39, 0.29) is 21.7 Å². The zero-order chi connectivity index (χ0) is 17.7. The van der Waals surface area contributed by atoms with Gasteiger partial charge in [-0.2, -0.15) is 0 Å². The Morgan fingerprint density at radius 3 is 2.12 bits per heavy atom. The molecule has 0 fully saturated rings. The summed E-state index contributed by atoms with van der Waals surface area (Å²) in [5, 5.41) is 3.30. The van der Waals surface area contributed by atoms with Crippen molar-refractivity contribution in [3.05, 3.63) is 57.6 Å². The van der Waals surface area contributed by atoms with Crippen LogP contribution in [-0.4, -0.2) is 18.3 Å². The molecule has 0 bridgehead atoms. The van der Waals surface area contributed by atoms with Gasteiger partial charge in [0.1, 0.15) is 0 Å². The Morgan fingerprint density at radius 1 is 1.04 bits per heavy atom. The lowest BCUT2D eigenvalue weighted by molar-refractivity contribution is 0.101. The minimum absolute atomic E-state index is 0.0332. The fraction of sp³-hybridized carbons (Fsp3) is 0.222. The Labute approximate surface area is 150 Å². The van der Waals surface area contributed by atoms with Crippen molar-refractivity contribution in [2.75, 3.05) is 11.9 Å². The van der Waals surface area contributed by atoms with Gasteiger partial charge in [0, 0.05) is 16.8 Å². The third-order valence-electron chi connectivity index (χ3n) is 3.26. The molecule has 0 saturated heterocycles. The maximum Gasteiger partial charge on any atom is 0.255 e. The van der Waals surface area contributed by atoms with E-state index in [4.69, 9.17) is 27.9 Å². The zero-order valence-electron chi connectivity index (χ0n) is 13.4. The van der Waals surface area contributed by atoms with Gasteiger partial charge in [-0.25, -0.2) is 0 Å². The molecule has 1 amide bonds. The van der Waals surface area contributed by atoms with Gasteiger partial charge in [0.25, 0.3) is 5.91 Å². The molecule has 0 spiro atoms. The van der Waals surface area contributed by atoms with E-state index in [2.05, 4.69) is 5.32 Å². The number of Topliss-reactive ketones (excluding diaryl/α,β-unsaturated/α-hetero) is 1. The van der Waals surface area contributed by atoms with Gasteiger partial charge in [-0.05, 0) is 49.7 Å². The van der Waals surface area contributed by atoms with Gasteiger partial charge in [0.2, 0.25) is 0 Å². The number of anilines is 1. The van der Waals surface area contributed by atoms with Crippen molar-refractivity contribution in [2.24, 2.45) is 0 Å². The summed E-state index contributed by atoms with van der Waals surface area (Å²) < 4.78 is 5.48. The second-order valence-electron chi connectivity index (χ2n) is 5.21. The number of ketones is 1. The Hall–Kier alpha value is -2.04. The van der Waals surface area contributed by atoms with Gasteiger partial charge in [0.05, 0.1) is 16.7 Å². The van der Waals surface area contributed by atoms with Crippen molar-refractivity contribution in [3.63, 3.8) is 0 Å². The molecular weight excluding hydrogens is 349 g/mol. The maximum atomic E-state index is 12.3. The molecule has 0 aliphatic rings. The fourth-order valence-corrected chi connectivity index (χ4v) is 2.62. The van der Waals surface area contributed by atoms with Crippen LogP contribution in [0.3, 0.4) is 0 Å². The van der Waals surface area contributed by atoms with Gasteiger partial charge < -0.3 is 10.1 Å². The molecule has 1 N–H and O–H groups in total. The van der Waals surface area contributed by atoms with E-state index in [1.807, 2.05) is 6.92 Å². The van der Waals surface area contributed by atoms with Crippen LogP contribution >= 0.6 is 23.2 Å². The molecule has 6 heteroatoms. The third kappa shape index (κ3) is 4.49. The first kappa shape index (κ1) is 18.3. The molecule has 2 rings (SSSR count). The number of halogens is 2. The number of amides is 1. The van der Waals surface area contributed by atoms with E-state index in [0.717, 1.165) is 6.42 Å². The first-order valence-corrected chi connectivity index (χ1v) is 8.22. The molecule has 0 atom stereocenters. The van der Waals surface area contributed by atoms with Crippen LogP contribution in [0, 0.1) is 0 Å². The van der Waals surface area contributed by atoms with Crippen LogP contribution < -0.4 is 10.1 Å². The minimum atomic E-state index is -0.351. The summed E-state index contributed by atoms with van der Waals surface area (Å²) >= 11 is 12.3. The normalized spacial score (nSPS) is 10.3. The van der Waals surface area contributed by atoms with Gasteiger partial charge in [-0.3, -0.25) is 9.59 Å². The molecule has 0 unspecified atom stereocenters.